The molecule has 1 amide bonds. The Kier molecular flexibility index (Phi) is 5.54. The number of rotatable bonds is 7. The fraction of sp³-hybridized carbons (Fsp3) is 0.667. The second-order valence-electron chi connectivity index (χ2n) is 5.87. The van der Waals surface area contributed by atoms with Gasteiger partial charge in [0.05, 0.1) is 6.20 Å². The molecule has 1 fully saturated rings. The maximum absolute atomic E-state index is 11.5. The third kappa shape index (κ3) is 4.07. The van der Waals surface area contributed by atoms with E-state index in [2.05, 4.69) is 10.5 Å². The van der Waals surface area contributed by atoms with E-state index in [0.717, 1.165) is 12.2 Å². The van der Waals surface area contributed by atoms with Crippen LogP contribution in [0.5, 0.6) is 0 Å². The van der Waals surface area contributed by atoms with Crippen LogP contribution in [-0.4, -0.2) is 52.7 Å². The van der Waals surface area contributed by atoms with Gasteiger partial charge in [-0.2, -0.15) is 0 Å². The lowest BCUT2D eigenvalue weighted by atomic mass is 10.0. The number of nitrogens with zero attached hydrogens (tertiary/aromatic N) is 2. The molecule has 122 valence electrons. The first-order valence-electron chi connectivity index (χ1n) is 7.63. The minimum atomic E-state index is -0.809. The Morgan fingerprint density at radius 3 is 2.91 bits per heavy atom. The molecular formula is C15H23N3O4. The van der Waals surface area contributed by atoms with Crippen molar-refractivity contribution in [1.29, 1.82) is 0 Å². The minimum Gasteiger partial charge on any atom is -0.480 e. The van der Waals surface area contributed by atoms with Crippen molar-refractivity contribution in [3.8, 4) is 0 Å². The number of aliphatic carboxylic acids is 1. The summed E-state index contributed by atoms with van der Waals surface area (Å²) in [5.41, 5.74) is 0. The Labute approximate surface area is 129 Å². The van der Waals surface area contributed by atoms with E-state index >= 15 is 0 Å². The molecule has 0 spiro atoms. The number of hydrogen-bond acceptors (Lipinski definition) is 5. The molecule has 1 unspecified atom stereocenters. The van der Waals surface area contributed by atoms with Crippen LogP contribution in [-0.2, 0) is 9.59 Å². The lowest BCUT2D eigenvalue weighted by Crippen LogP contribution is -2.41. The van der Waals surface area contributed by atoms with Gasteiger partial charge in [-0.05, 0) is 12.3 Å². The third-order valence-corrected chi connectivity index (χ3v) is 4.26. The summed E-state index contributed by atoms with van der Waals surface area (Å²) in [5, 5.41) is 16.0. The molecule has 1 aromatic rings. The zero-order valence-corrected chi connectivity index (χ0v) is 13.0. The first-order valence-corrected chi connectivity index (χ1v) is 7.63. The molecular weight excluding hydrogens is 286 g/mol. The number of carbonyl (C=O) groups excluding carboxylic acids is 1. The van der Waals surface area contributed by atoms with E-state index in [1.54, 1.807) is 12.3 Å². The first-order chi connectivity index (χ1) is 10.5. The van der Waals surface area contributed by atoms with Gasteiger partial charge in [0.2, 0.25) is 5.91 Å². The van der Waals surface area contributed by atoms with Crippen molar-refractivity contribution < 1.29 is 19.2 Å². The Balaban J connectivity index is 2.00. The first kappa shape index (κ1) is 16.5. The molecule has 2 heterocycles. The van der Waals surface area contributed by atoms with Gasteiger partial charge in [-0.15, -0.1) is 0 Å². The average Bonchev–Trinajstić information content (AvgIpc) is 3.11. The fourth-order valence-electron chi connectivity index (χ4n) is 2.96. The van der Waals surface area contributed by atoms with Gasteiger partial charge in [0.1, 0.15) is 11.8 Å². The van der Waals surface area contributed by atoms with Crippen molar-refractivity contribution in [2.75, 3.05) is 19.6 Å². The van der Waals surface area contributed by atoms with E-state index in [1.807, 2.05) is 11.8 Å². The van der Waals surface area contributed by atoms with E-state index < -0.39 is 12.0 Å². The maximum atomic E-state index is 11.5. The maximum Gasteiger partial charge on any atom is 0.320 e. The van der Waals surface area contributed by atoms with Crippen LogP contribution >= 0.6 is 0 Å². The van der Waals surface area contributed by atoms with Crippen LogP contribution in [0.15, 0.2) is 16.8 Å². The Hall–Kier alpha value is -1.89. The van der Waals surface area contributed by atoms with Gasteiger partial charge < -0.3 is 14.9 Å². The van der Waals surface area contributed by atoms with Gasteiger partial charge >= 0.3 is 5.97 Å². The number of carbonyl (C=O) groups is 2. The summed E-state index contributed by atoms with van der Waals surface area (Å²) in [4.78, 5) is 24.5. The van der Waals surface area contributed by atoms with Crippen molar-refractivity contribution >= 4 is 11.9 Å². The molecule has 2 rings (SSSR count). The smallest absolute Gasteiger partial charge is 0.320 e. The van der Waals surface area contributed by atoms with E-state index in [1.165, 1.54) is 6.92 Å². The number of carboxylic acid groups (broad SMARTS) is 1. The lowest BCUT2D eigenvalue weighted by molar-refractivity contribution is -0.142. The zero-order chi connectivity index (χ0) is 16.1. The molecule has 7 heteroatoms. The third-order valence-electron chi connectivity index (χ3n) is 4.26. The van der Waals surface area contributed by atoms with Crippen molar-refractivity contribution in [2.45, 2.75) is 38.6 Å². The van der Waals surface area contributed by atoms with E-state index in [9.17, 15) is 14.7 Å². The molecule has 0 saturated carbocycles. The van der Waals surface area contributed by atoms with Crippen molar-refractivity contribution in [3.05, 3.63) is 18.0 Å². The fourth-order valence-corrected chi connectivity index (χ4v) is 2.96. The summed E-state index contributed by atoms with van der Waals surface area (Å²) in [7, 11) is 0. The topological polar surface area (TPSA) is 95.7 Å². The van der Waals surface area contributed by atoms with Crippen LogP contribution in [0.3, 0.4) is 0 Å². The lowest BCUT2D eigenvalue weighted by Gasteiger charge is -2.26. The Morgan fingerprint density at radius 1 is 1.59 bits per heavy atom. The van der Waals surface area contributed by atoms with E-state index in [4.69, 9.17) is 4.52 Å². The molecule has 7 nitrogen and oxygen atoms in total. The molecule has 0 bridgehead atoms. The second-order valence-corrected chi connectivity index (χ2v) is 5.87. The molecule has 1 saturated heterocycles. The predicted molar refractivity (Wildman–Crippen MR) is 79.3 cm³/mol. The van der Waals surface area contributed by atoms with E-state index in [-0.39, 0.29) is 17.7 Å². The summed E-state index contributed by atoms with van der Waals surface area (Å²) in [6.07, 6.45) is 3.00. The van der Waals surface area contributed by atoms with Gasteiger partial charge in [-0.3, -0.25) is 14.5 Å². The molecule has 3 atom stereocenters. The molecule has 1 aliphatic rings. The normalized spacial score (nSPS) is 23.4. The predicted octanol–water partition coefficient (Wildman–Crippen LogP) is 1.08. The zero-order valence-electron chi connectivity index (χ0n) is 13.0. The highest BCUT2D eigenvalue weighted by molar-refractivity contribution is 5.74. The summed E-state index contributed by atoms with van der Waals surface area (Å²) >= 11 is 0. The molecule has 0 aliphatic carbocycles. The summed E-state index contributed by atoms with van der Waals surface area (Å²) < 4.78 is 5.18. The van der Waals surface area contributed by atoms with Gasteiger partial charge in [0.25, 0.3) is 0 Å². The molecule has 2 N–H and O–H groups in total. The number of likely N-dealkylation sites (tertiary alicyclic amines) is 1. The van der Waals surface area contributed by atoms with Gasteiger partial charge in [0, 0.05) is 38.5 Å². The summed E-state index contributed by atoms with van der Waals surface area (Å²) in [5.74, 6) is 0.162. The molecule has 22 heavy (non-hydrogen) atoms. The monoisotopic (exact) mass is 309 g/mol. The number of carboxylic acids is 1. The van der Waals surface area contributed by atoms with Gasteiger partial charge in [-0.25, -0.2) is 0 Å². The standard InChI is InChI=1S/C15H23N3O4/c1-3-11(7-16-10(2)19)8-18-9-12(6-13(18)15(20)21)14-4-5-17-22-14/h4-5,11-13H,3,6-9H2,1-2H3,(H,16,19)(H,20,21)/t11?,12-,13-/m1/s1. The number of amides is 1. The van der Waals surface area contributed by atoms with Crippen molar-refractivity contribution in [3.63, 3.8) is 0 Å². The van der Waals surface area contributed by atoms with E-state index in [0.29, 0.717) is 26.1 Å². The van der Waals surface area contributed by atoms with Crippen LogP contribution in [0.2, 0.25) is 0 Å². The molecule has 0 aromatic carbocycles. The second kappa shape index (κ2) is 7.40. The highest BCUT2D eigenvalue weighted by Crippen LogP contribution is 2.32. The highest BCUT2D eigenvalue weighted by Gasteiger charge is 2.39. The number of nitrogens with one attached hydrogen (secondary N) is 1. The Bertz CT molecular complexity index is 503. The molecule has 1 aromatic heterocycles. The average molecular weight is 309 g/mol. The quantitative estimate of drug-likeness (QED) is 0.782. The van der Waals surface area contributed by atoms with Crippen LogP contribution in [0.25, 0.3) is 0 Å². The summed E-state index contributed by atoms with van der Waals surface area (Å²) in [6, 6.07) is 1.28. The largest absolute Gasteiger partial charge is 0.480 e. The number of hydrogen-bond donors (Lipinski definition) is 2. The van der Waals surface area contributed by atoms with Gasteiger partial charge in [-0.1, -0.05) is 18.5 Å². The molecule has 0 radical (unpaired) electrons. The van der Waals surface area contributed by atoms with Gasteiger partial charge in [0.15, 0.2) is 0 Å². The SMILES string of the molecule is CCC(CNC(C)=O)CN1C[C@H](c2ccno2)C[C@@H]1C(=O)O. The van der Waals surface area contributed by atoms with Crippen LogP contribution in [0, 0.1) is 5.92 Å². The summed E-state index contributed by atoms with van der Waals surface area (Å²) in [6.45, 7) is 5.40. The number of aromatic nitrogens is 1. The Morgan fingerprint density at radius 2 is 2.36 bits per heavy atom. The van der Waals surface area contributed by atoms with Crippen LogP contribution < -0.4 is 5.32 Å². The van der Waals surface area contributed by atoms with Crippen molar-refractivity contribution in [1.82, 2.24) is 15.4 Å². The minimum absolute atomic E-state index is 0.0573. The van der Waals surface area contributed by atoms with Crippen LogP contribution in [0.4, 0.5) is 0 Å². The molecule has 1 aliphatic heterocycles. The highest BCUT2D eigenvalue weighted by atomic mass is 16.5. The van der Waals surface area contributed by atoms with Crippen molar-refractivity contribution in [2.24, 2.45) is 5.92 Å². The van der Waals surface area contributed by atoms with Crippen LogP contribution in [0.1, 0.15) is 38.4 Å².